The molecule has 0 unspecified atom stereocenters. The van der Waals surface area contributed by atoms with E-state index >= 15 is 0 Å². The largest absolute Gasteiger partial charge is 0.0735 e. The van der Waals surface area contributed by atoms with E-state index in [0.29, 0.717) is 0 Å². The van der Waals surface area contributed by atoms with Gasteiger partial charge in [-0.2, -0.15) is 0 Å². The average molecular weight is 2070 g/mol. The first kappa shape index (κ1) is 70.2. The Kier molecular flexibility index (Phi) is 211. The second-order valence-electron chi connectivity index (χ2n) is 2.41. The minimum atomic E-state index is 0. The van der Waals surface area contributed by atoms with Gasteiger partial charge in [0.05, 0.1) is 0 Å². The molecule has 0 rings (SSSR count). The molecule has 0 aromatic carbocycles. The van der Waals surface area contributed by atoms with E-state index in [1.54, 1.807) is 17.0 Å². The SMILES string of the molecule is C[Si]C[Si](C[Si]C)C[Si]C[Si].[W].[W].[W].[W].[W].[W].[W].[W].[W].[W]. The zero-order chi connectivity index (χ0) is 8.53. The van der Waals surface area contributed by atoms with Gasteiger partial charge in [-0.15, -0.1) is 0 Å². The normalized spacial score (nSPS) is 5.71. The van der Waals surface area contributed by atoms with Crippen molar-refractivity contribution in [3.63, 3.8) is 0 Å². The third-order valence-corrected chi connectivity index (χ3v) is 12.2. The summed E-state index contributed by atoms with van der Waals surface area (Å²) >= 11 is 0. The average Bonchev–Trinajstić information content (AvgIpc) is 2.01. The van der Waals surface area contributed by atoms with Gasteiger partial charge in [0.25, 0.3) is 0 Å². The van der Waals surface area contributed by atoms with Crippen molar-refractivity contribution >= 4 is 47.6 Å². The van der Waals surface area contributed by atoms with E-state index in [4.69, 9.17) is 0 Å². The number of hydrogen-bond donors (Lipinski definition) is 0. The van der Waals surface area contributed by atoms with Crippen LogP contribution in [0.15, 0.2) is 0 Å². The zero-order valence-electron chi connectivity index (χ0n) is 11.4. The summed E-state index contributed by atoms with van der Waals surface area (Å²) in [6.45, 7) is 4.69. The standard InChI is InChI=1S/C6H14Si5.10W/c1-8-4-11(5-9-2)6-10-3-7;;;;;;;;;;/h3-6H2,1-2H3;;;;;;;;;;. The Labute approximate surface area is 287 Å². The van der Waals surface area contributed by atoms with Crippen LogP contribution < -0.4 is 0 Å². The monoisotopic (exact) mass is 2070 g/mol. The van der Waals surface area contributed by atoms with Gasteiger partial charge in [0.2, 0.25) is 0 Å². The fourth-order valence-corrected chi connectivity index (χ4v) is 12.8. The van der Waals surface area contributed by atoms with Gasteiger partial charge in [-0.3, -0.25) is 0 Å². The van der Waals surface area contributed by atoms with Crippen LogP contribution in [0.5, 0.6) is 0 Å². The quantitative estimate of drug-likeness (QED) is 0.336. The molecule has 0 heterocycles. The van der Waals surface area contributed by atoms with Gasteiger partial charge in [-0.05, 0) is 0 Å². The summed E-state index contributed by atoms with van der Waals surface area (Å²) in [6.07, 6.45) is 0. The fourth-order valence-electron chi connectivity index (χ4n) is 0.927. The maximum atomic E-state index is 3.56. The van der Waals surface area contributed by atoms with Gasteiger partial charge in [0, 0.05) is 258 Å². The van der Waals surface area contributed by atoms with Crippen LogP contribution in [-0.4, -0.2) is 47.6 Å². The molecule has 0 atom stereocenters. The minimum Gasteiger partial charge on any atom is -0.0735 e. The predicted molar refractivity (Wildman–Crippen MR) is 59.7 cm³/mol. The summed E-state index contributed by atoms with van der Waals surface area (Å²) in [5.74, 6) is 0. The van der Waals surface area contributed by atoms with Crippen molar-refractivity contribution < 1.29 is 211 Å². The molecule has 0 saturated heterocycles. The number of rotatable bonds is 7. The Balaban J connectivity index is -0.0000000111. The molecular formula is C6H14Si5W10. The molecule has 0 aliphatic carbocycles. The molecule has 0 aliphatic rings. The van der Waals surface area contributed by atoms with Crippen molar-refractivity contribution in [1.29, 1.82) is 0 Å². The van der Waals surface area contributed by atoms with Crippen molar-refractivity contribution in [3.05, 3.63) is 0 Å². The molecule has 0 amide bonds. The van der Waals surface area contributed by atoms with Crippen LogP contribution in [0.2, 0.25) is 35.8 Å². The van der Waals surface area contributed by atoms with Gasteiger partial charge >= 0.3 is 0 Å². The fraction of sp³-hybridized carbons (Fsp3) is 1.00. The Bertz CT molecular complexity index is 92.3. The molecule has 10 radical (unpaired) electrons. The molecule has 0 spiro atoms. The Morgan fingerprint density at radius 3 is 1.10 bits per heavy atom. The zero-order valence-corrected chi connectivity index (χ0v) is 45.7. The van der Waals surface area contributed by atoms with Gasteiger partial charge in [0.1, 0.15) is 0 Å². The van der Waals surface area contributed by atoms with E-state index < -0.39 is 0 Å². The molecule has 0 saturated carbocycles. The third-order valence-electron chi connectivity index (χ3n) is 1.35. The Hall–Kier alpha value is 7.97. The van der Waals surface area contributed by atoms with Crippen LogP contribution in [-0.2, 0) is 211 Å². The van der Waals surface area contributed by atoms with Crippen molar-refractivity contribution in [3.8, 4) is 0 Å². The van der Waals surface area contributed by atoms with E-state index in [-0.39, 0.29) is 219 Å². The van der Waals surface area contributed by atoms with E-state index in [1.807, 2.05) is 0 Å². The second-order valence-corrected chi connectivity index (χ2v) is 11.5. The van der Waals surface area contributed by atoms with Crippen LogP contribution in [0.3, 0.4) is 0 Å². The molecule has 0 bridgehead atoms. The summed E-state index contributed by atoms with van der Waals surface area (Å²) in [6, 6.07) is 0. The Morgan fingerprint density at radius 2 is 0.905 bits per heavy atom. The van der Waals surface area contributed by atoms with Crippen molar-refractivity contribution in [1.82, 2.24) is 0 Å². The molecule has 0 aromatic rings. The first-order chi connectivity index (χ1) is 5.35. The maximum Gasteiger partial charge on any atom is 0.0381 e. The summed E-state index contributed by atoms with van der Waals surface area (Å²) in [5.41, 5.74) is 5.94. The summed E-state index contributed by atoms with van der Waals surface area (Å²) in [4.78, 5) is 0. The topological polar surface area (TPSA) is 0 Å². The van der Waals surface area contributed by atoms with Gasteiger partial charge < -0.3 is 0 Å². The molecule has 21 heavy (non-hydrogen) atoms. The van der Waals surface area contributed by atoms with Crippen molar-refractivity contribution in [2.45, 2.75) is 35.8 Å². The van der Waals surface area contributed by atoms with E-state index in [1.165, 1.54) is 34.2 Å². The summed E-state index contributed by atoms with van der Waals surface area (Å²) in [7, 11) is 7.23. The van der Waals surface area contributed by atoms with Crippen LogP contribution >= 0.6 is 0 Å². The minimum absolute atomic E-state index is 0. The molecule has 15 heteroatoms. The molecule has 118 valence electrons. The first-order valence-electron chi connectivity index (χ1n) is 3.83. The summed E-state index contributed by atoms with van der Waals surface area (Å²) in [5, 5.41) is 0. The smallest absolute Gasteiger partial charge is 0.0381 e. The van der Waals surface area contributed by atoms with Crippen molar-refractivity contribution in [2.24, 2.45) is 0 Å². The van der Waals surface area contributed by atoms with Crippen LogP contribution in [0.25, 0.3) is 0 Å². The molecule has 0 aliphatic heterocycles. The first-order valence-corrected chi connectivity index (χ1v) is 11.5. The molecule has 0 fully saturated rings. The van der Waals surface area contributed by atoms with Crippen LogP contribution in [0, 0.1) is 0 Å². The van der Waals surface area contributed by atoms with E-state index in [0.717, 1.165) is 0 Å². The second kappa shape index (κ2) is 63.0. The van der Waals surface area contributed by atoms with E-state index in [9.17, 15) is 0 Å². The van der Waals surface area contributed by atoms with Gasteiger partial charge in [-0.1, -0.05) is 35.8 Å². The molecular weight excluding hydrogens is 2050 g/mol. The van der Waals surface area contributed by atoms with Crippen LogP contribution in [0.4, 0.5) is 0 Å². The third kappa shape index (κ3) is 58.4. The summed E-state index contributed by atoms with van der Waals surface area (Å²) < 4.78 is 0. The van der Waals surface area contributed by atoms with Gasteiger partial charge in [0.15, 0.2) is 0 Å². The van der Waals surface area contributed by atoms with Crippen molar-refractivity contribution in [2.75, 3.05) is 0 Å². The maximum absolute atomic E-state index is 3.56. The predicted octanol–water partition coefficient (Wildman–Crippen LogP) is 1.08. The molecule has 0 aromatic heterocycles. The van der Waals surface area contributed by atoms with Gasteiger partial charge in [-0.25, -0.2) is 0 Å². The van der Waals surface area contributed by atoms with E-state index in [2.05, 4.69) is 23.3 Å². The number of hydrogen-bond acceptors (Lipinski definition) is 0. The van der Waals surface area contributed by atoms with Crippen LogP contribution in [0.1, 0.15) is 0 Å². The molecule has 0 N–H and O–H groups in total. The Morgan fingerprint density at radius 1 is 0.619 bits per heavy atom. The molecule has 0 nitrogen and oxygen atoms in total.